The van der Waals surface area contributed by atoms with Crippen LogP contribution in [-0.2, 0) is 13.0 Å². The molecule has 2 rings (SSSR count). The lowest BCUT2D eigenvalue weighted by molar-refractivity contribution is 0.111. The number of rotatable bonds is 1. The Bertz CT molecular complexity index is 295. The van der Waals surface area contributed by atoms with E-state index in [9.17, 15) is 9.18 Å². The van der Waals surface area contributed by atoms with Crippen LogP contribution in [0.25, 0.3) is 0 Å². The van der Waals surface area contributed by atoms with Gasteiger partial charge in [0.05, 0.1) is 18.6 Å². The number of nitrogens with zero attached hydrogens (tertiary/aromatic N) is 2. The maximum Gasteiger partial charge on any atom is 0.170 e. The molecule has 0 radical (unpaired) electrons. The minimum Gasteiger partial charge on any atom is -0.331 e. The average molecular weight is 154 g/mol. The number of hydrogen-bond donors (Lipinski definition) is 0. The lowest BCUT2D eigenvalue weighted by Crippen LogP contribution is -2.00. The normalized spacial score (nSPS) is 21.7. The van der Waals surface area contributed by atoms with Crippen LogP contribution < -0.4 is 0 Å². The SMILES string of the molecule is O=Cc1ncn2c1C[C@@H](F)C2. The molecule has 1 aliphatic heterocycles. The lowest BCUT2D eigenvalue weighted by Gasteiger charge is -1.91. The Hall–Kier alpha value is -1.19. The Balaban J connectivity index is 2.44. The Morgan fingerprint density at radius 3 is 3.36 bits per heavy atom. The van der Waals surface area contributed by atoms with Crippen LogP contribution in [0.2, 0.25) is 0 Å². The van der Waals surface area contributed by atoms with Gasteiger partial charge in [-0.3, -0.25) is 4.79 Å². The molecular weight excluding hydrogens is 147 g/mol. The number of aromatic nitrogens is 2. The summed E-state index contributed by atoms with van der Waals surface area (Å²) in [7, 11) is 0. The van der Waals surface area contributed by atoms with E-state index in [-0.39, 0.29) is 0 Å². The molecule has 11 heavy (non-hydrogen) atoms. The molecule has 0 amide bonds. The zero-order chi connectivity index (χ0) is 7.84. The summed E-state index contributed by atoms with van der Waals surface area (Å²) in [5.74, 6) is 0. The van der Waals surface area contributed by atoms with Crippen LogP contribution in [0.3, 0.4) is 0 Å². The summed E-state index contributed by atoms with van der Waals surface area (Å²) in [4.78, 5) is 14.2. The number of hydrogen-bond acceptors (Lipinski definition) is 2. The highest BCUT2D eigenvalue weighted by Crippen LogP contribution is 2.19. The molecule has 3 nitrogen and oxygen atoms in total. The molecule has 1 aromatic rings. The molecule has 0 saturated carbocycles. The first kappa shape index (κ1) is 6.52. The van der Waals surface area contributed by atoms with Gasteiger partial charge in [-0.05, 0) is 0 Å². The van der Waals surface area contributed by atoms with Crippen molar-refractivity contribution in [1.29, 1.82) is 0 Å². The van der Waals surface area contributed by atoms with Crippen LogP contribution in [0.15, 0.2) is 6.33 Å². The highest BCUT2D eigenvalue weighted by atomic mass is 19.1. The second-order valence-electron chi connectivity index (χ2n) is 2.65. The van der Waals surface area contributed by atoms with Gasteiger partial charge in [0.25, 0.3) is 0 Å². The van der Waals surface area contributed by atoms with Crippen molar-refractivity contribution in [3.05, 3.63) is 17.7 Å². The molecule has 1 aliphatic rings. The number of alkyl halides is 1. The molecule has 58 valence electrons. The van der Waals surface area contributed by atoms with Crippen LogP contribution >= 0.6 is 0 Å². The first-order valence-corrected chi connectivity index (χ1v) is 3.44. The van der Waals surface area contributed by atoms with Crippen molar-refractivity contribution in [3.8, 4) is 0 Å². The number of carbonyl (C=O) groups excluding carboxylic acids is 1. The highest BCUT2D eigenvalue weighted by Gasteiger charge is 2.23. The maximum atomic E-state index is 12.7. The van der Waals surface area contributed by atoms with E-state index in [0.29, 0.717) is 24.9 Å². The lowest BCUT2D eigenvalue weighted by atomic mass is 10.2. The van der Waals surface area contributed by atoms with Gasteiger partial charge in [0, 0.05) is 6.42 Å². The first-order chi connectivity index (χ1) is 5.31. The third kappa shape index (κ3) is 0.859. The average Bonchev–Trinajstić information content (AvgIpc) is 2.45. The van der Waals surface area contributed by atoms with Crippen molar-refractivity contribution in [2.24, 2.45) is 0 Å². The van der Waals surface area contributed by atoms with Crippen LogP contribution in [0.1, 0.15) is 16.2 Å². The van der Waals surface area contributed by atoms with Gasteiger partial charge in [0.1, 0.15) is 11.9 Å². The molecule has 0 bridgehead atoms. The van der Waals surface area contributed by atoms with Crippen LogP contribution in [0.4, 0.5) is 4.39 Å². The molecule has 0 aliphatic carbocycles. The number of halogens is 1. The smallest absolute Gasteiger partial charge is 0.170 e. The standard InChI is InChI=1S/C7H7FN2O/c8-5-1-7-6(3-11)9-4-10(7)2-5/h3-5H,1-2H2/t5-/m1/s1. The second kappa shape index (κ2) is 2.15. The third-order valence-electron chi connectivity index (χ3n) is 1.90. The largest absolute Gasteiger partial charge is 0.331 e. The predicted molar refractivity (Wildman–Crippen MR) is 36.2 cm³/mol. The molecule has 1 aromatic heterocycles. The highest BCUT2D eigenvalue weighted by molar-refractivity contribution is 5.73. The van der Waals surface area contributed by atoms with Crippen molar-refractivity contribution >= 4 is 6.29 Å². The molecule has 0 fully saturated rings. The van der Waals surface area contributed by atoms with Gasteiger partial charge in [-0.2, -0.15) is 0 Å². The number of carbonyl (C=O) groups is 1. The van der Waals surface area contributed by atoms with E-state index in [0.717, 1.165) is 5.69 Å². The topological polar surface area (TPSA) is 34.9 Å². The number of imidazole rings is 1. The Kier molecular flexibility index (Phi) is 1.27. The van der Waals surface area contributed by atoms with Crippen LogP contribution in [0, 0.1) is 0 Å². The molecule has 0 saturated heterocycles. The quantitative estimate of drug-likeness (QED) is 0.555. The van der Waals surface area contributed by atoms with Gasteiger partial charge in [-0.15, -0.1) is 0 Å². The monoisotopic (exact) mass is 154 g/mol. The first-order valence-electron chi connectivity index (χ1n) is 3.44. The van der Waals surface area contributed by atoms with Crippen molar-refractivity contribution in [3.63, 3.8) is 0 Å². The van der Waals surface area contributed by atoms with Gasteiger partial charge in [0.2, 0.25) is 0 Å². The molecule has 1 atom stereocenters. The fourth-order valence-electron chi connectivity index (χ4n) is 1.39. The van der Waals surface area contributed by atoms with Gasteiger partial charge in [-0.1, -0.05) is 0 Å². The number of fused-ring (bicyclic) bond motifs is 1. The summed E-state index contributed by atoms with van der Waals surface area (Å²) in [6, 6.07) is 0. The zero-order valence-electron chi connectivity index (χ0n) is 5.83. The summed E-state index contributed by atoms with van der Waals surface area (Å²) in [6.45, 7) is 0.343. The van der Waals surface area contributed by atoms with E-state index in [1.807, 2.05) is 0 Å². The minimum absolute atomic E-state index is 0.327. The van der Waals surface area contributed by atoms with Gasteiger partial charge >= 0.3 is 0 Å². The molecular formula is C7H7FN2O. The van der Waals surface area contributed by atoms with Gasteiger partial charge in [0.15, 0.2) is 6.29 Å². The van der Waals surface area contributed by atoms with E-state index < -0.39 is 6.17 Å². The Labute approximate surface area is 62.9 Å². The van der Waals surface area contributed by atoms with E-state index in [1.54, 1.807) is 4.57 Å². The zero-order valence-corrected chi connectivity index (χ0v) is 5.83. The molecule has 2 heterocycles. The molecule has 4 heteroatoms. The fraction of sp³-hybridized carbons (Fsp3) is 0.429. The summed E-state index contributed by atoms with van der Waals surface area (Å²) in [5, 5.41) is 0. The molecule has 0 spiro atoms. The fourth-order valence-corrected chi connectivity index (χ4v) is 1.39. The molecule has 0 N–H and O–H groups in total. The van der Waals surface area contributed by atoms with Crippen molar-refractivity contribution in [1.82, 2.24) is 9.55 Å². The van der Waals surface area contributed by atoms with E-state index >= 15 is 0 Å². The summed E-state index contributed by atoms with van der Waals surface area (Å²) < 4.78 is 14.4. The molecule has 0 aromatic carbocycles. The third-order valence-corrected chi connectivity index (χ3v) is 1.90. The van der Waals surface area contributed by atoms with Crippen molar-refractivity contribution < 1.29 is 9.18 Å². The van der Waals surface area contributed by atoms with E-state index in [4.69, 9.17) is 0 Å². The maximum absolute atomic E-state index is 12.7. The predicted octanol–water partition coefficient (Wildman–Crippen LogP) is 0.590. The summed E-state index contributed by atoms with van der Waals surface area (Å²) in [5.41, 5.74) is 1.11. The summed E-state index contributed by atoms with van der Waals surface area (Å²) >= 11 is 0. The van der Waals surface area contributed by atoms with E-state index in [2.05, 4.69) is 4.98 Å². The molecule has 0 unspecified atom stereocenters. The van der Waals surface area contributed by atoms with E-state index in [1.165, 1.54) is 6.33 Å². The van der Waals surface area contributed by atoms with Crippen LogP contribution in [0.5, 0.6) is 0 Å². The minimum atomic E-state index is -0.841. The van der Waals surface area contributed by atoms with Gasteiger partial charge < -0.3 is 4.57 Å². The summed E-state index contributed by atoms with van der Waals surface area (Å²) in [6.07, 6.45) is 1.67. The van der Waals surface area contributed by atoms with Crippen molar-refractivity contribution in [2.75, 3.05) is 0 Å². The number of aldehydes is 1. The Morgan fingerprint density at radius 1 is 1.82 bits per heavy atom. The van der Waals surface area contributed by atoms with Gasteiger partial charge in [-0.25, -0.2) is 9.37 Å². The Morgan fingerprint density at radius 2 is 2.64 bits per heavy atom. The second-order valence-corrected chi connectivity index (χ2v) is 2.65. The van der Waals surface area contributed by atoms with Crippen molar-refractivity contribution in [2.45, 2.75) is 19.1 Å². The van der Waals surface area contributed by atoms with Crippen LogP contribution in [-0.4, -0.2) is 22.0 Å².